The first-order chi connectivity index (χ1) is 9.66. The molecule has 2 heteroatoms. The molecule has 2 aromatic carbocycles. The van der Waals surface area contributed by atoms with Crippen LogP contribution in [0.25, 0.3) is 11.6 Å². The fourth-order valence-electron chi connectivity index (χ4n) is 1.87. The molecule has 2 nitrogen and oxygen atoms in total. The standard InChI is InChI=1S/C18H18O2/c1-14(2)20-18(19)17(16-11-7-4-8-12-16)13-15-9-5-3-6-10-15/h3-14H,1-2H3/b17-13-. The highest BCUT2D eigenvalue weighted by molar-refractivity contribution is 6.21. The van der Waals surface area contributed by atoms with E-state index < -0.39 is 0 Å². The second kappa shape index (κ2) is 6.71. The van der Waals surface area contributed by atoms with Crippen molar-refractivity contribution < 1.29 is 9.53 Å². The lowest BCUT2D eigenvalue weighted by Crippen LogP contribution is -2.13. The normalized spacial score (nSPS) is 11.4. The molecule has 0 aliphatic rings. The van der Waals surface area contributed by atoms with Crippen molar-refractivity contribution in [3.05, 3.63) is 71.8 Å². The molecular formula is C18H18O2. The Labute approximate surface area is 119 Å². The quantitative estimate of drug-likeness (QED) is 0.471. The molecule has 0 fully saturated rings. The van der Waals surface area contributed by atoms with Crippen molar-refractivity contribution in [2.45, 2.75) is 20.0 Å². The van der Waals surface area contributed by atoms with E-state index >= 15 is 0 Å². The first-order valence-corrected chi connectivity index (χ1v) is 6.70. The van der Waals surface area contributed by atoms with Crippen molar-refractivity contribution >= 4 is 17.6 Å². The molecule has 0 aliphatic carbocycles. The number of benzene rings is 2. The first kappa shape index (κ1) is 14.1. The number of esters is 1. The Morgan fingerprint density at radius 1 is 0.950 bits per heavy atom. The van der Waals surface area contributed by atoms with Crippen LogP contribution in [0.3, 0.4) is 0 Å². The van der Waals surface area contributed by atoms with E-state index in [0.29, 0.717) is 5.57 Å². The minimum Gasteiger partial charge on any atom is -0.459 e. The Bertz CT molecular complexity index is 583. The average Bonchev–Trinajstić information content (AvgIpc) is 2.46. The molecular weight excluding hydrogens is 248 g/mol. The number of rotatable bonds is 4. The van der Waals surface area contributed by atoms with Gasteiger partial charge in [0.2, 0.25) is 0 Å². The molecule has 0 aromatic heterocycles. The van der Waals surface area contributed by atoms with Crippen molar-refractivity contribution in [1.29, 1.82) is 0 Å². The van der Waals surface area contributed by atoms with Crippen molar-refractivity contribution in [3.8, 4) is 0 Å². The summed E-state index contributed by atoms with van der Waals surface area (Å²) in [6, 6.07) is 19.4. The van der Waals surface area contributed by atoms with E-state index in [1.54, 1.807) is 0 Å². The molecule has 102 valence electrons. The molecule has 0 bridgehead atoms. The number of carbonyl (C=O) groups is 1. The third-order valence-corrected chi connectivity index (χ3v) is 2.76. The second-order valence-electron chi connectivity index (χ2n) is 4.79. The van der Waals surface area contributed by atoms with Crippen molar-refractivity contribution in [3.63, 3.8) is 0 Å². The lowest BCUT2D eigenvalue weighted by atomic mass is 10.0. The molecule has 0 unspecified atom stereocenters. The molecule has 0 spiro atoms. The predicted molar refractivity (Wildman–Crippen MR) is 82.0 cm³/mol. The molecule has 2 rings (SSSR count). The summed E-state index contributed by atoms with van der Waals surface area (Å²) in [7, 11) is 0. The van der Waals surface area contributed by atoms with Crippen molar-refractivity contribution in [1.82, 2.24) is 0 Å². The van der Waals surface area contributed by atoms with Gasteiger partial charge in [-0.3, -0.25) is 0 Å². The maximum absolute atomic E-state index is 12.3. The summed E-state index contributed by atoms with van der Waals surface area (Å²) in [6.45, 7) is 3.70. The lowest BCUT2D eigenvalue weighted by Gasteiger charge is -2.11. The van der Waals surface area contributed by atoms with Crippen LogP contribution < -0.4 is 0 Å². The fraction of sp³-hybridized carbons (Fsp3) is 0.167. The smallest absolute Gasteiger partial charge is 0.339 e. The molecule has 20 heavy (non-hydrogen) atoms. The third kappa shape index (κ3) is 3.82. The second-order valence-corrected chi connectivity index (χ2v) is 4.79. The number of hydrogen-bond acceptors (Lipinski definition) is 2. The highest BCUT2D eigenvalue weighted by atomic mass is 16.5. The van der Waals surface area contributed by atoms with E-state index in [9.17, 15) is 4.79 Å². The Balaban J connectivity index is 2.40. The average molecular weight is 266 g/mol. The van der Waals surface area contributed by atoms with E-state index in [-0.39, 0.29) is 12.1 Å². The zero-order chi connectivity index (χ0) is 14.4. The molecule has 0 N–H and O–H groups in total. The Kier molecular flexibility index (Phi) is 4.72. The van der Waals surface area contributed by atoms with Gasteiger partial charge in [0.1, 0.15) is 0 Å². The maximum Gasteiger partial charge on any atom is 0.339 e. The molecule has 0 radical (unpaired) electrons. The summed E-state index contributed by atoms with van der Waals surface area (Å²) in [5, 5.41) is 0. The van der Waals surface area contributed by atoms with Gasteiger partial charge in [-0.05, 0) is 31.1 Å². The third-order valence-electron chi connectivity index (χ3n) is 2.76. The number of carbonyl (C=O) groups excluding carboxylic acids is 1. The van der Waals surface area contributed by atoms with Crippen LogP contribution in [0.2, 0.25) is 0 Å². The largest absolute Gasteiger partial charge is 0.459 e. The molecule has 0 atom stereocenters. The fourth-order valence-corrected chi connectivity index (χ4v) is 1.87. The van der Waals surface area contributed by atoms with Crippen LogP contribution in [0.4, 0.5) is 0 Å². The zero-order valence-corrected chi connectivity index (χ0v) is 11.7. The summed E-state index contributed by atoms with van der Waals surface area (Å²) in [4.78, 5) is 12.3. The minimum absolute atomic E-state index is 0.134. The number of hydrogen-bond donors (Lipinski definition) is 0. The topological polar surface area (TPSA) is 26.3 Å². The van der Waals surface area contributed by atoms with Gasteiger partial charge >= 0.3 is 5.97 Å². The van der Waals surface area contributed by atoms with Crippen molar-refractivity contribution in [2.24, 2.45) is 0 Å². The summed E-state index contributed by atoms with van der Waals surface area (Å²) in [5.41, 5.74) is 2.42. The van der Waals surface area contributed by atoms with E-state index in [0.717, 1.165) is 11.1 Å². The summed E-state index contributed by atoms with van der Waals surface area (Å²) in [5.74, 6) is -0.296. The highest BCUT2D eigenvalue weighted by Crippen LogP contribution is 2.20. The van der Waals surface area contributed by atoms with Crippen LogP contribution in [0, 0.1) is 0 Å². The van der Waals surface area contributed by atoms with E-state index in [2.05, 4.69) is 0 Å². The van der Waals surface area contributed by atoms with Gasteiger partial charge in [-0.2, -0.15) is 0 Å². The van der Waals surface area contributed by atoms with Crippen molar-refractivity contribution in [2.75, 3.05) is 0 Å². The monoisotopic (exact) mass is 266 g/mol. The summed E-state index contributed by atoms with van der Waals surface area (Å²) < 4.78 is 5.33. The van der Waals surface area contributed by atoms with Gasteiger partial charge < -0.3 is 4.74 Å². The van der Waals surface area contributed by atoms with Gasteiger partial charge in [0, 0.05) is 0 Å². The Morgan fingerprint density at radius 3 is 2.05 bits per heavy atom. The van der Waals surface area contributed by atoms with Gasteiger partial charge in [-0.25, -0.2) is 4.79 Å². The lowest BCUT2D eigenvalue weighted by molar-refractivity contribution is -0.140. The summed E-state index contributed by atoms with van der Waals surface area (Å²) in [6.07, 6.45) is 1.73. The van der Waals surface area contributed by atoms with Gasteiger partial charge in [-0.1, -0.05) is 60.7 Å². The maximum atomic E-state index is 12.3. The molecule has 0 amide bonds. The van der Waals surface area contributed by atoms with Crippen LogP contribution >= 0.6 is 0 Å². The zero-order valence-electron chi connectivity index (χ0n) is 11.7. The first-order valence-electron chi connectivity index (χ1n) is 6.70. The highest BCUT2D eigenvalue weighted by Gasteiger charge is 2.14. The van der Waals surface area contributed by atoms with E-state index in [4.69, 9.17) is 4.74 Å². The van der Waals surface area contributed by atoms with Crippen LogP contribution in [0.1, 0.15) is 25.0 Å². The minimum atomic E-state index is -0.296. The molecule has 2 aromatic rings. The number of ether oxygens (including phenoxy) is 1. The molecule has 0 heterocycles. The van der Waals surface area contributed by atoms with Crippen LogP contribution in [0.5, 0.6) is 0 Å². The van der Waals surface area contributed by atoms with Crippen LogP contribution in [-0.4, -0.2) is 12.1 Å². The molecule has 0 aliphatic heterocycles. The van der Waals surface area contributed by atoms with Crippen LogP contribution in [-0.2, 0) is 9.53 Å². The van der Waals surface area contributed by atoms with Gasteiger partial charge in [-0.15, -0.1) is 0 Å². The van der Waals surface area contributed by atoms with E-state index in [1.807, 2.05) is 80.6 Å². The van der Waals surface area contributed by atoms with Gasteiger partial charge in [0.05, 0.1) is 11.7 Å². The van der Waals surface area contributed by atoms with Gasteiger partial charge in [0.15, 0.2) is 0 Å². The molecule has 0 saturated heterocycles. The molecule has 0 saturated carbocycles. The van der Waals surface area contributed by atoms with Crippen LogP contribution in [0.15, 0.2) is 60.7 Å². The van der Waals surface area contributed by atoms with Gasteiger partial charge in [0.25, 0.3) is 0 Å². The Morgan fingerprint density at radius 2 is 1.50 bits per heavy atom. The summed E-state index contributed by atoms with van der Waals surface area (Å²) >= 11 is 0. The predicted octanol–water partition coefficient (Wildman–Crippen LogP) is 4.18. The SMILES string of the molecule is CC(C)OC(=O)/C(=C\c1ccccc1)c1ccccc1. The van der Waals surface area contributed by atoms with E-state index in [1.165, 1.54) is 0 Å². The Hall–Kier alpha value is -2.35.